The van der Waals surface area contributed by atoms with Crippen molar-refractivity contribution >= 4 is 14.3 Å². The second kappa shape index (κ2) is 7.88. The standard InChI is InChI=1S/C17H29NO3Si/c1-7-20-16(19)14(15-10-8-9-12-18-15)11-13-21-22(5,6)17(2,3)4/h8-10,12,14H,7,11,13H2,1-6H3. The maximum atomic E-state index is 12.2. The zero-order chi connectivity index (χ0) is 16.8. The van der Waals surface area contributed by atoms with Crippen molar-refractivity contribution in [2.24, 2.45) is 0 Å². The number of rotatable bonds is 7. The van der Waals surface area contributed by atoms with Crippen LogP contribution in [0.4, 0.5) is 0 Å². The molecule has 1 rings (SSSR count). The lowest BCUT2D eigenvalue weighted by atomic mass is 10.0. The second-order valence-corrected chi connectivity index (χ2v) is 11.8. The molecule has 0 saturated carbocycles. The first-order valence-corrected chi connectivity index (χ1v) is 10.8. The maximum absolute atomic E-state index is 12.2. The summed E-state index contributed by atoms with van der Waals surface area (Å²) in [5.41, 5.74) is 0.750. The summed E-state index contributed by atoms with van der Waals surface area (Å²) in [5.74, 6) is -0.578. The van der Waals surface area contributed by atoms with Crippen molar-refractivity contribution in [1.29, 1.82) is 0 Å². The fraction of sp³-hybridized carbons (Fsp3) is 0.647. The summed E-state index contributed by atoms with van der Waals surface area (Å²) in [7, 11) is -1.80. The highest BCUT2D eigenvalue weighted by molar-refractivity contribution is 6.74. The van der Waals surface area contributed by atoms with Gasteiger partial charge < -0.3 is 9.16 Å². The first-order valence-electron chi connectivity index (χ1n) is 7.90. The van der Waals surface area contributed by atoms with E-state index in [0.29, 0.717) is 19.6 Å². The number of pyridine rings is 1. The molecule has 0 N–H and O–H groups in total. The molecule has 5 heteroatoms. The van der Waals surface area contributed by atoms with Gasteiger partial charge in [0.25, 0.3) is 0 Å². The van der Waals surface area contributed by atoms with Gasteiger partial charge >= 0.3 is 5.97 Å². The molecule has 0 aliphatic heterocycles. The summed E-state index contributed by atoms with van der Waals surface area (Å²) in [6.07, 6.45) is 2.30. The number of aromatic nitrogens is 1. The van der Waals surface area contributed by atoms with Crippen molar-refractivity contribution in [2.45, 2.75) is 58.2 Å². The number of esters is 1. The molecule has 0 amide bonds. The maximum Gasteiger partial charge on any atom is 0.315 e. The van der Waals surface area contributed by atoms with Crippen LogP contribution in [-0.2, 0) is 14.0 Å². The summed E-state index contributed by atoms with van der Waals surface area (Å²) < 4.78 is 11.4. The lowest BCUT2D eigenvalue weighted by Gasteiger charge is -2.36. The van der Waals surface area contributed by atoms with Gasteiger partial charge in [-0.25, -0.2) is 0 Å². The van der Waals surface area contributed by atoms with Crippen LogP contribution < -0.4 is 0 Å². The number of hydrogen-bond acceptors (Lipinski definition) is 4. The van der Waals surface area contributed by atoms with Crippen LogP contribution >= 0.6 is 0 Å². The van der Waals surface area contributed by atoms with E-state index in [0.717, 1.165) is 5.69 Å². The largest absolute Gasteiger partial charge is 0.465 e. The van der Waals surface area contributed by atoms with Crippen LogP contribution in [-0.4, -0.2) is 32.5 Å². The Morgan fingerprint density at radius 1 is 1.32 bits per heavy atom. The molecule has 1 unspecified atom stereocenters. The summed E-state index contributed by atoms with van der Waals surface area (Å²) >= 11 is 0. The first kappa shape index (κ1) is 18.8. The highest BCUT2D eigenvalue weighted by atomic mass is 28.4. The average Bonchev–Trinajstić information content (AvgIpc) is 2.43. The molecule has 0 spiro atoms. The molecule has 0 aliphatic carbocycles. The summed E-state index contributed by atoms with van der Waals surface area (Å²) in [6.45, 7) is 13.8. The molecule has 0 saturated heterocycles. The fourth-order valence-electron chi connectivity index (χ4n) is 1.86. The van der Waals surface area contributed by atoms with Crippen molar-refractivity contribution in [1.82, 2.24) is 4.98 Å². The minimum Gasteiger partial charge on any atom is -0.465 e. The Morgan fingerprint density at radius 2 is 2.00 bits per heavy atom. The quantitative estimate of drug-likeness (QED) is 0.559. The van der Waals surface area contributed by atoms with E-state index in [9.17, 15) is 4.79 Å². The molecular weight excluding hydrogens is 294 g/mol. The monoisotopic (exact) mass is 323 g/mol. The van der Waals surface area contributed by atoms with Gasteiger partial charge in [-0.1, -0.05) is 26.8 Å². The van der Waals surface area contributed by atoms with E-state index in [2.05, 4.69) is 38.8 Å². The van der Waals surface area contributed by atoms with Crippen LogP contribution in [0.5, 0.6) is 0 Å². The Balaban J connectivity index is 2.73. The van der Waals surface area contributed by atoms with Crippen LogP contribution in [0.2, 0.25) is 18.1 Å². The second-order valence-electron chi connectivity index (χ2n) is 6.96. The van der Waals surface area contributed by atoms with Crippen molar-refractivity contribution in [3.8, 4) is 0 Å². The van der Waals surface area contributed by atoms with E-state index in [-0.39, 0.29) is 16.9 Å². The predicted octanol–water partition coefficient (Wildman–Crippen LogP) is 4.14. The van der Waals surface area contributed by atoms with Crippen molar-refractivity contribution in [3.05, 3.63) is 30.1 Å². The third kappa shape index (κ3) is 5.21. The molecule has 4 nitrogen and oxygen atoms in total. The predicted molar refractivity (Wildman–Crippen MR) is 91.4 cm³/mol. The summed E-state index contributed by atoms with van der Waals surface area (Å²) in [4.78, 5) is 16.5. The Kier molecular flexibility index (Phi) is 6.75. The van der Waals surface area contributed by atoms with E-state index in [1.54, 1.807) is 6.20 Å². The smallest absolute Gasteiger partial charge is 0.315 e. The minimum absolute atomic E-state index is 0.164. The molecule has 1 heterocycles. The Bertz CT molecular complexity index is 469. The minimum atomic E-state index is -1.80. The average molecular weight is 324 g/mol. The topological polar surface area (TPSA) is 48.4 Å². The number of nitrogens with zero attached hydrogens (tertiary/aromatic N) is 1. The van der Waals surface area contributed by atoms with Gasteiger partial charge in [0.15, 0.2) is 8.32 Å². The zero-order valence-corrected chi connectivity index (χ0v) is 15.7. The van der Waals surface area contributed by atoms with Gasteiger partial charge in [0.2, 0.25) is 0 Å². The summed E-state index contributed by atoms with van der Waals surface area (Å²) in [5, 5.41) is 0.164. The van der Waals surface area contributed by atoms with E-state index in [4.69, 9.17) is 9.16 Å². The van der Waals surface area contributed by atoms with Gasteiger partial charge in [-0.15, -0.1) is 0 Å². The molecule has 1 atom stereocenters. The first-order chi connectivity index (χ1) is 10.2. The van der Waals surface area contributed by atoms with Crippen LogP contribution in [0.15, 0.2) is 24.4 Å². The van der Waals surface area contributed by atoms with E-state index >= 15 is 0 Å². The third-order valence-corrected chi connectivity index (χ3v) is 8.83. The normalized spacial score (nSPS) is 13.7. The van der Waals surface area contributed by atoms with Crippen molar-refractivity contribution < 1.29 is 14.0 Å². The highest BCUT2D eigenvalue weighted by Gasteiger charge is 2.37. The molecule has 0 radical (unpaired) electrons. The van der Waals surface area contributed by atoms with Crippen LogP contribution in [0.1, 0.15) is 45.7 Å². The van der Waals surface area contributed by atoms with Gasteiger partial charge in [-0.05, 0) is 43.6 Å². The van der Waals surface area contributed by atoms with Gasteiger partial charge in [0.05, 0.1) is 12.3 Å². The van der Waals surface area contributed by atoms with Gasteiger partial charge in [-0.3, -0.25) is 9.78 Å². The van der Waals surface area contributed by atoms with Crippen molar-refractivity contribution in [2.75, 3.05) is 13.2 Å². The molecule has 1 aromatic heterocycles. The molecule has 124 valence electrons. The van der Waals surface area contributed by atoms with Gasteiger partial charge in [0, 0.05) is 12.8 Å². The molecule has 22 heavy (non-hydrogen) atoms. The van der Waals surface area contributed by atoms with Gasteiger partial charge in [-0.2, -0.15) is 0 Å². The highest BCUT2D eigenvalue weighted by Crippen LogP contribution is 2.37. The van der Waals surface area contributed by atoms with E-state index in [1.807, 2.05) is 25.1 Å². The zero-order valence-electron chi connectivity index (χ0n) is 14.7. The van der Waals surface area contributed by atoms with E-state index < -0.39 is 8.32 Å². The molecule has 0 bridgehead atoms. The fourth-order valence-corrected chi connectivity index (χ4v) is 2.92. The van der Waals surface area contributed by atoms with Gasteiger partial charge in [0.1, 0.15) is 5.92 Å². The lowest BCUT2D eigenvalue weighted by molar-refractivity contribution is -0.145. The number of hydrogen-bond donors (Lipinski definition) is 0. The molecule has 0 aromatic carbocycles. The molecule has 0 fully saturated rings. The Morgan fingerprint density at radius 3 is 2.50 bits per heavy atom. The Hall–Kier alpha value is -1.20. The summed E-state index contributed by atoms with van der Waals surface area (Å²) in [6, 6.07) is 5.61. The molecular formula is C17H29NO3Si. The Labute approximate surface area is 135 Å². The van der Waals surface area contributed by atoms with Crippen molar-refractivity contribution in [3.63, 3.8) is 0 Å². The molecule has 0 aliphatic rings. The van der Waals surface area contributed by atoms with Crippen LogP contribution in [0.25, 0.3) is 0 Å². The SMILES string of the molecule is CCOC(=O)C(CCO[Si](C)(C)C(C)(C)C)c1ccccn1. The third-order valence-electron chi connectivity index (χ3n) is 4.29. The lowest BCUT2D eigenvalue weighted by Crippen LogP contribution is -2.41. The number of carbonyl (C=O) groups excluding carboxylic acids is 1. The van der Waals surface area contributed by atoms with Crippen LogP contribution in [0, 0.1) is 0 Å². The molecule has 1 aromatic rings. The van der Waals surface area contributed by atoms with Crippen LogP contribution in [0.3, 0.4) is 0 Å². The number of carbonyl (C=O) groups is 1. The van der Waals surface area contributed by atoms with E-state index in [1.165, 1.54) is 0 Å². The number of ether oxygens (including phenoxy) is 1.